The lowest BCUT2D eigenvalue weighted by Crippen LogP contribution is -2.49. The molecule has 3 heterocycles. The molecule has 0 unspecified atom stereocenters. The predicted molar refractivity (Wildman–Crippen MR) is 109 cm³/mol. The summed E-state index contributed by atoms with van der Waals surface area (Å²) in [6, 6.07) is 7.28. The Bertz CT molecular complexity index is 835. The van der Waals surface area contributed by atoms with Crippen molar-refractivity contribution < 1.29 is 5.11 Å². The third-order valence-electron chi connectivity index (χ3n) is 5.77. The molecule has 0 aromatic carbocycles. The molecule has 1 aliphatic carbocycles. The van der Waals surface area contributed by atoms with Crippen LogP contribution in [0.25, 0.3) is 10.6 Å². The van der Waals surface area contributed by atoms with Gasteiger partial charge >= 0.3 is 0 Å². The van der Waals surface area contributed by atoms with E-state index >= 15 is 0 Å². The zero-order valence-corrected chi connectivity index (χ0v) is 16.4. The fourth-order valence-corrected chi connectivity index (χ4v) is 4.78. The number of hydrogen-bond donors (Lipinski definition) is 1. The highest BCUT2D eigenvalue weighted by Crippen LogP contribution is 2.27. The highest BCUT2D eigenvalue weighted by Gasteiger charge is 2.34. The van der Waals surface area contributed by atoms with Crippen molar-refractivity contribution in [2.24, 2.45) is 5.92 Å². The summed E-state index contributed by atoms with van der Waals surface area (Å²) >= 11 is 1.60. The van der Waals surface area contributed by atoms with Gasteiger partial charge in [0.25, 0.3) is 5.56 Å². The van der Waals surface area contributed by atoms with Gasteiger partial charge in [-0.2, -0.15) is 5.10 Å². The van der Waals surface area contributed by atoms with E-state index in [4.69, 9.17) is 0 Å². The van der Waals surface area contributed by atoms with Gasteiger partial charge in [-0.15, -0.1) is 11.3 Å². The van der Waals surface area contributed by atoms with E-state index in [2.05, 4.69) is 22.2 Å². The Kier molecular flexibility index (Phi) is 5.57. The minimum atomic E-state index is -0.853. The molecule has 5 nitrogen and oxygen atoms in total. The summed E-state index contributed by atoms with van der Waals surface area (Å²) in [4.78, 5) is 15.8. The Hall–Kier alpha value is -1.76. The predicted octanol–water partition coefficient (Wildman–Crippen LogP) is 3.16. The van der Waals surface area contributed by atoms with Gasteiger partial charge in [0.1, 0.15) is 5.69 Å². The average molecular weight is 386 g/mol. The highest BCUT2D eigenvalue weighted by molar-refractivity contribution is 7.13. The number of likely N-dealkylation sites (tertiary alicyclic amines) is 1. The van der Waals surface area contributed by atoms with Crippen LogP contribution >= 0.6 is 11.3 Å². The first-order valence-corrected chi connectivity index (χ1v) is 10.7. The quantitative estimate of drug-likeness (QED) is 0.804. The molecule has 0 bridgehead atoms. The van der Waals surface area contributed by atoms with E-state index in [1.54, 1.807) is 23.5 Å². The maximum atomic E-state index is 12.3. The zero-order chi connectivity index (χ0) is 18.7. The van der Waals surface area contributed by atoms with Gasteiger partial charge in [0.15, 0.2) is 0 Å². The van der Waals surface area contributed by atoms with Crippen LogP contribution in [-0.2, 0) is 6.54 Å². The maximum Gasteiger partial charge on any atom is 0.266 e. The van der Waals surface area contributed by atoms with Crippen LogP contribution in [0.4, 0.5) is 0 Å². The first kappa shape index (κ1) is 18.6. The SMILES string of the molecule is O=c1ccc(-c2cccs2)nn1CC1(O)CCN(C[C@@H]2CC=CCC2)CC1. The summed E-state index contributed by atoms with van der Waals surface area (Å²) < 4.78 is 1.44. The van der Waals surface area contributed by atoms with Crippen LogP contribution in [0.5, 0.6) is 0 Å². The van der Waals surface area contributed by atoms with Crippen LogP contribution in [0.2, 0.25) is 0 Å². The van der Waals surface area contributed by atoms with E-state index < -0.39 is 5.60 Å². The van der Waals surface area contributed by atoms with Crippen molar-refractivity contribution in [2.45, 2.75) is 44.2 Å². The van der Waals surface area contributed by atoms with Gasteiger partial charge in [0.05, 0.1) is 17.0 Å². The lowest BCUT2D eigenvalue weighted by atomic mass is 9.89. The van der Waals surface area contributed by atoms with Gasteiger partial charge in [0, 0.05) is 25.7 Å². The van der Waals surface area contributed by atoms with Crippen molar-refractivity contribution in [3.8, 4) is 10.6 Å². The van der Waals surface area contributed by atoms with Crippen molar-refractivity contribution in [2.75, 3.05) is 19.6 Å². The summed E-state index contributed by atoms with van der Waals surface area (Å²) in [7, 11) is 0. The van der Waals surface area contributed by atoms with Crippen LogP contribution in [0.15, 0.2) is 46.6 Å². The number of allylic oxidation sites excluding steroid dienone is 2. The maximum absolute atomic E-state index is 12.3. The fraction of sp³-hybridized carbons (Fsp3) is 0.524. The van der Waals surface area contributed by atoms with E-state index in [0.717, 1.165) is 36.1 Å². The largest absolute Gasteiger partial charge is 0.388 e. The molecule has 6 heteroatoms. The van der Waals surface area contributed by atoms with Gasteiger partial charge in [-0.25, -0.2) is 4.68 Å². The van der Waals surface area contributed by atoms with Gasteiger partial charge < -0.3 is 10.0 Å². The number of thiophene rings is 1. The van der Waals surface area contributed by atoms with Crippen molar-refractivity contribution in [3.05, 3.63) is 52.2 Å². The molecule has 2 aromatic rings. The molecule has 4 rings (SSSR count). The molecule has 1 atom stereocenters. The summed E-state index contributed by atoms with van der Waals surface area (Å²) in [5, 5.41) is 17.6. The van der Waals surface area contributed by atoms with Gasteiger partial charge in [-0.3, -0.25) is 4.79 Å². The van der Waals surface area contributed by atoms with Crippen molar-refractivity contribution >= 4 is 11.3 Å². The van der Waals surface area contributed by atoms with Crippen molar-refractivity contribution in [1.29, 1.82) is 0 Å². The number of aliphatic hydroxyl groups is 1. The number of aromatic nitrogens is 2. The Balaban J connectivity index is 1.39. The molecule has 0 radical (unpaired) electrons. The second-order valence-corrected chi connectivity index (χ2v) is 8.81. The molecular formula is C21H27N3O2S. The number of rotatable bonds is 5. The van der Waals surface area contributed by atoms with Crippen molar-refractivity contribution in [3.63, 3.8) is 0 Å². The van der Waals surface area contributed by atoms with Crippen LogP contribution < -0.4 is 5.56 Å². The summed E-state index contributed by atoms with van der Waals surface area (Å²) in [6.45, 7) is 3.16. The summed E-state index contributed by atoms with van der Waals surface area (Å²) in [5.74, 6) is 0.743. The van der Waals surface area contributed by atoms with Crippen LogP contribution in [0.3, 0.4) is 0 Å². The lowest BCUT2D eigenvalue weighted by Gasteiger charge is -2.39. The number of hydrogen-bond acceptors (Lipinski definition) is 5. The van der Waals surface area contributed by atoms with Crippen LogP contribution in [0.1, 0.15) is 32.1 Å². The van der Waals surface area contributed by atoms with E-state index in [1.807, 2.05) is 17.5 Å². The molecule has 0 spiro atoms. The third-order valence-corrected chi connectivity index (χ3v) is 6.66. The van der Waals surface area contributed by atoms with E-state index in [9.17, 15) is 9.90 Å². The zero-order valence-electron chi connectivity index (χ0n) is 15.6. The van der Waals surface area contributed by atoms with E-state index in [1.165, 1.54) is 23.9 Å². The van der Waals surface area contributed by atoms with Crippen molar-refractivity contribution in [1.82, 2.24) is 14.7 Å². The molecule has 1 fully saturated rings. The van der Waals surface area contributed by atoms with Crippen LogP contribution in [-0.4, -0.2) is 45.0 Å². The molecule has 2 aliphatic rings. The number of piperidine rings is 1. The van der Waals surface area contributed by atoms with Gasteiger partial charge in [-0.05, 0) is 55.5 Å². The van der Waals surface area contributed by atoms with Gasteiger partial charge in [0.2, 0.25) is 0 Å². The van der Waals surface area contributed by atoms with Gasteiger partial charge in [-0.1, -0.05) is 18.2 Å². The Morgan fingerprint density at radius 2 is 2.07 bits per heavy atom. The molecule has 1 saturated heterocycles. The first-order valence-electron chi connectivity index (χ1n) is 9.83. The smallest absolute Gasteiger partial charge is 0.266 e. The second-order valence-electron chi connectivity index (χ2n) is 7.87. The molecular weight excluding hydrogens is 358 g/mol. The molecule has 27 heavy (non-hydrogen) atoms. The minimum absolute atomic E-state index is 0.153. The molecule has 0 amide bonds. The molecule has 1 N–H and O–H groups in total. The minimum Gasteiger partial charge on any atom is -0.388 e. The standard InChI is InChI=1S/C21H27N3O2S/c25-20-9-8-18(19-7-4-14-27-19)22-24(20)16-21(26)10-12-23(13-11-21)15-17-5-2-1-3-6-17/h1-2,4,7-9,14,17,26H,3,5-6,10-13,15-16H2/t17-/m1/s1. The summed E-state index contributed by atoms with van der Waals surface area (Å²) in [6.07, 6.45) is 9.59. The highest BCUT2D eigenvalue weighted by atomic mass is 32.1. The monoisotopic (exact) mass is 385 g/mol. The topological polar surface area (TPSA) is 58.4 Å². The Labute approximate surface area is 164 Å². The third kappa shape index (κ3) is 4.57. The van der Waals surface area contributed by atoms with E-state index in [-0.39, 0.29) is 12.1 Å². The fourth-order valence-electron chi connectivity index (χ4n) is 4.09. The normalized spacial score (nSPS) is 22.8. The molecule has 1 aliphatic heterocycles. The molecule has 2 aromatic heterocycles. The Morgan fingerprint density at radius 3 is 2.78 bits per heavy atom. The summed E-state index contributed by atoms with van der Waals surface area (Å²) in [5.41, 5.74) is -0.218. The average Bonchev–Trinajstić information content (AvgIpc) is 3.21. The Morgan fingerprint density at radius 1 is 1.22 bits per heavy atom. The number of nitrogens with zero attached hydrogens (tertiary/aromatic N) is 3. The second kappa shape index (κ2) is 8.09. The van der Waals surface area contributed by atoms with E-state index in [0.29, 0.717) is 12.8 Å². The van der Waals surface area contributed by atoms with Crippen LogP contribution in [0, 0.1) is 5.92 Å². The molecule has 144 valence electrons. The molecule has 0 saturated carbocycles. The first-order chi connectivity index (χ1) is 13.1. The lowest BCUT2D eigenvalue weighted by molar-refractivity contribution is -0.0399.